The third-order valence-corrected chi connectivity index (χ3v) is 7.12. The standard InChI is InChI=1S/C17H22ClN3O4S2/c1-25-9-8-21-14-6-5-13(18)10-15(14)26-17(21)19-16(22)12-4-3-7-20(11-12)27(2,23)24/h5-6,10,12H,3-4,7-9,11H2,1-2H3. The molecule has 1 aromatic carbocycles. The Kier molecular flexibility index (Phi) is 6.37. The third-order valence-electron chi connectivity index (χ3n) is 4.57. The highest BCUT2D eigenvalue weighted by Gasteiger charge is 2.30. The molecule has 1 atom stereocenters. The lowest BCUT2D eigenvalue weighted by Crippen LogP contribution is -2.41. The topological polar surface area (TPSA) is 81.0 Å². The zero-order valence-electron chi connectivity index (χ0n) is 15.2. The van der Waals surface area contributed by atoms with E-state index in [9.17, 15) is 13.2 Å². The molecule has 1 fully saturated rings. The minimum atomic E-state index is -3.30. The molecule has 1 aliphatic rings. The van der Waals surface area contributed by atoms with E-state index in [1.165, 1.54) is 21.9 Å². The lowest BCUT2D eigenvalue weighted by molar-refractivity contribution is -0.122. The highest BCUT2D eigenvalue weighted by atomic mass is 35.5. The highest BCUT2D eigenvalue weighted by Crippen LogP contribution is 2.23. The number of fused-ring (bicyclic) bond motifs is 1. The number of thiazole rings is 1. The molecule has 1 amide bonds. The van der Waals surface area contributed by atoms with Crippen LogP contribution in [-0.4, -0.2) is 56.3 Å². The zero-order valence-corrected chi connectivity index (χ0v) is 17.6. The monoisotopic (exact) mass is 431 g/mol. The molecule has 7 nitrogen and oxygen atoms in total. The summed E-state index contributed by atoms with van der Waals surface area (Å²) in [5.74, 6) is -0.703. The normalized spacial score (nSPS) is 19.7. The Morgan fingerprint density at radius 3 is 2.93 bits per heavy atom. The van der Waals surface area contributed by atoms with E-state index >= 15 is 0 Å². The quantitative estimate of drug-likeness (QED) is 0.726. The van der Waals surface area contributed by atoms with Gasteiger partial charge in [-0.15, -0.1) is 0 Å². The Morgan fingerprint density at radius 2 is 2.22 bits per heavy atom. The number of ether oxygens (including phenoxy) is 1. The molecule has 27 heavy (non-hydrogen) atoms. The summed E-state index contributed by atoms with van der Waals surface area (Å²) in [7, 11) is -1.68. The lowest BCUT2D eigenvalue weighted by Gasteiger charge is -2.28. The first-order chi connectivity index (χ1) is 12.8. The Labute approximate surface area is 167 Å². The van der Waals surface area contributed by atoms with E-state index in [1.807, 2.05) is 16.7 Å². The molecule has 0 spiro atoms. The summed E-state index contributed by atoms with van der Waals surface area (Å²) in [4.78, 5) is 17.7. The average molecular weight is 432 g/mol. The van der Waals surface area contributed by atoms with Crippen molar-refractivity contribution in [3.05, 3.63) is 28.0 Å². The number of halogens is 1. The molecule has 0 saturated carbocycles. The van der Waals surface area contributed by atoms with Crippen LogP contribution in [0.25, 0.3) is 10.2 Å². The summed E-state index contributed by atoms with van der Waals surface area (Å²) < 4.78 is 33.0. The van der Waals surface area contributed by atoms with Crippen molar-refractivity contribution in [2.45, 2.75) is 19.4 Å². The highest BCUT2D eigenvalue weighted by molar-refractivity contribution is 7.88. The molecule has 1 aliphatic heterocycles. The lowest BCUT2D eigenvalue weighted by atomic mass is 9.99. The maximum absolute atomic E-state index is 12.8. The van der Waals surface area contributed by atoms with Crippen molar-refractivity contribution in [2.75, 3.05) is 33.1 Å². The van der Waals surface area contributed by atoms with E-state index in [2.05, 4.69) is 4.99 Å². The fraction of sp³-hybridized carbons (Fsp3) is 0.529. The van der Waals surface area contributed by atoms with E-state index < -0.39 is 15.9 Å². The maximum Gasteiger partial charge on any atom is 0.252 e. The number of piperidine rings is 1. The van der Waals surface area contributed by atoms with Crippen molar-refractivity contribution in [1.82, 2.24) is 8.87 Å². The molecular weight excluding hydrogens is 410 g/mol. The van der Waals surface area contributed by atoms with E-state index in [-0.39, 0.29) is 12.5 Å². The van der Waals surface area contributed by atoms with Crippen LogP contribution in [0.15, 0.2) is 23.2 Å². The van der Waals surface area contributed by atoms with Crippen molar-refractivity contribution < 1.29 is 17.9 Å². The van der Waals surface area contributed by atoms with E-state index in [1.54, 1.807) is 13.2 Å². The number of sulfonamides is 1. The van der Waals surface area contributed by atoms with Crippen LogP contribution in [0.2, 0.25) is 5.02 Å². The van der Waals surface area contributed by atoms with Crippen molar-refractivity contribution in [3.8, 4) is 0 Å². The van der Waals surface area contributed by atoms with Gasteiger partial charge in [0.15, 0.2) is 4.80 Å². The van der Waals surface area contributed by atoms with E-state index in [0.29, 0.717) is 42.4 Å². The number of hydrogen-bond acceptors (Lipinski definition) is 5. The first-order valence-corrected chi connectivity index (χ1v) is 11.7. The first kappa shape index (κ1) is 20.5. The molecule has 3 rings (SSSR count). The summed E-state index contributed by atoms with van der Waals surface area (Å²) >= 11 is 7.47. The summed E-state index contributed by atoms with van der Waals surface area (Å²) in [5, 5.41) is 0.622. The molecule has 1 aromatic heterocycles. The third kappa shape index (κ3) is 4.78. The molecule has 0 N–H and O–H groups in total. The van der Waals surface area contributed by atoms with Crippen LogP contribution in [0, 0.1) is 5.92 Å². The molecule has 2 aromatic rings. The fourth-order valence-electron chi connectivity index (χ4n) is 3.16. The van der Waals surface area contributed by atoms with Gasteiger partial charge in [0.05, 0.1) is 29.0 Å². The smallest absolute Gasteiger partial charge is 0.252 e. The number of aromatic nitrogens is 1. The second-order valence-corrected chi connectivity index (χ2v) is 9.98. The fourth-order valence-corrected chi connectivity index (χ4v) is 5.41. The number of benzene rings is 1. The van der Waals surface area contributed by atoms with E-state index in [4.69, 9.17) is 16.3 Å². The SMILES string of the molecule is COCCn1c(=NC(=O)C2CCCN(S(C)(=O)=O)C2)sc2cc(Cl)ccc21. The molecule has 1 saturated heterocycles. The summed E-state index contributed by atoms with van der Waals surface area (Å²) in [6.45, 7) is 1.69. The Morgan fingerprint density at radius 1 is 1.44 bits per heavy atom. The van der Waals surface area contributed by atoms with Crippen LogP contribution >= 0.6 is 22.9 Å². The molecule has 0 radical (unpaired) electrons. The summed E-state index contributed by atoms with van der Waals surface area (Å²) in [6.07, 6.45) is 2.47. The van der Waals surface area contributed by atoms with Gasteiger partial charge in [0.2, 0.25) is 10.0 Å². The number of amides is 1. The van der Waals surface area contributed by atoms with Crippen molar-refractivity contribution in [2.24, 2.45) is 10.9 Å². The van der Waals surface area contributed by atoms with Gasteiger partial charge in [-0.2, -0.15) is 4.99 Å². The van der Waals surface area contributed by atoms with Crippen LogP contribution in [-0.2, 0) is 26.1 Å². The number of nitrogens with zero attached hydrogens (tertiary/aromatic N) is 3. The second kappa shape index (κ2) is 8.40. The van der Waals surface area contributed by atoms with Gasteiger partial charge in [0.25, 0.3) is 5.91 Å². The number of rotatable bonds is 5. The van der Waals surface area contributed by atoms with Gasteiger partial charge in [-0.3, -0.25) is 4.79 Å². The minimum Gasteiger partial charge on any atom is -0.383 e. The minimum absolute atomic E-state index is 0.190. The molecule has 10 heteroatoms. The van der Waals surface area contributed by atoms with Crippen LogP contribution in [0.5, 0.6) is 0 Å². The second-order valence-electron chi connectivity index (χ2n) is 6.55. The Hall–Kier alpha value is -1.26. The predicted octanol–water partition coefficient (Wildman–Crippen LogP) is 2.10. The molecule has 2 heterocycles. The van der Waals surface area contributed by atoms with Gasteiger partial charge < -0.3 is 9.30 Å². The summed E-state index contributed by atoms with van der Waals surface area (Å²) in [5.41, 5.74) is 0.939. The number of hydrogen-bond donors (Lipinski definition) is 0. The largest absolute Gasteiger partial charge is 0.383 e. The van der Waals surface area contributed by atoms with Gasteiger partial charge >= 0.3 is 0 Å². The number of carbonyl (C=O) groups excluding carboxylic acids is 1. The van der Waals surface area contributed by atoms with Crippen LogP contribution in [0.1, 0.15) is 12.8 Å². The zero-order chi connectivity index (χ0) is 19.6. The molecular formula is C17H22ClN3O4S2. The Bertz CT molecular complexity index is 1010. The molecule has 0 aliphatic carbocycles. The predicted molar refractivity (Wildman–Crippen MR) is 106 cm³/mol. The van der Waals surface area contributed by atoms with Crippen molar-refractivity contribution >= 4 is 49.1 Å². The van der Waals surface area contributed by atoms with Gasteiger partial charge in [-0.05, 0) is 31.0 Å². The van der Waals surface area contributed by atoms with Crippen molar-refractivity contribution in [1.29, 1.82) is 0 Å². The van der Waals surface area contributed by atoms with Crippen LogP contribution < -0.4 is 4.80 Å². The van der Waals surface area contributed by atoms with Gasteiger partial charge in [0, 0.05) is 31.8 Å². The van der Waals surface area contributed by atoms with Crippen molar-refractivity contribution in [3.63, 3.8) is 0 Å². The average Bonchev–Trinajstić information content (AvgIpc) is 2.95. The van der Waals surface area contributed by atoms with Crippen LogP contribution in [0.4, 0.5) is 0 Å². The molecule has 1 unspecified atom stereocenters. The van der Waals surface area contributed by atoms with Crippen LogP contribution in [0.3, 0.4) is 0 Å². The molecule has 148 valence electrons. The maximum atomic E-state index is 12.8. The van der Waals surface area contributed by atoms with E-state index in [0.717, 1.165) is 10.2 Å². The first-order valence-electron chi connectivity index (χ1n) is 8.61. The number of carbonyl (C=O) groups is 1. The van der Waals surface area contributed by atoms with Gasteiger partial charge in [0.1, 0.15) is 0 Å². The van der Waals surface area contributed by atoms with Gasteiger partial charge in [-0.25, -0.2) is 12.7 Å². The van der Waals surface area contributed by atoms with Gasteiger partial charge in [-0.1, -0.05) is 22.9 Å². The molecule has 0 bridgehead atoms. The Balaban J connectivity index is 1.95. The summed E-state index contributed by atoms with van der Waals surface area (Å²) in [6, 6.07) is 5.55. The number of methoxy groups -OCH3 is 1.